The maximum absolute atomic E-state index is 13.2. The molecule has 3 atom stereocenters. The Bertz CT molecular complexity index is 916. The highest BCUT2D eigenvalue weighted by molar-refractivity contribution is 7.13. The topological polar surface area (TPSA) is 74.3 Å². The van der Waals surface area contributed by atoms with Gasteiger partial charge in [-0.2, -0.15) is 0 Å². The molecule has 6 nitrogen and oxygen atoms in total. The van der Waals surface area contributed by atoms with Crippen LogP contribution in [0.25, 0.3) is 10.4 Å². The number of carbonyl (C=O) groups excluding carboxylic acids is 2. The number of carbonyl (C=O) groups is 2. The van der Waals surface area contributed by atoms with Gasteiger partial charge in [-0.15, -0.1) is 11.3 Å². The van der Waals surface area contributed by atoms with Gasteiger partial charge in [0.25, 0.3) is 0 Å². The van der Waals surface area contributed by atoms with Gasteiger partial charge in [-0.05, 0) is 50.3 Å². The van der Waals surface area contributed by atoms with Gasteiger partial charge in [-0.3, -0.25) is 9.59 Å². The fourth-order valence-corrected chi connectivity index (χ4v) is 5.10. The Hall–Kier alpha value is -2.25. The number of likely N-dealkylation sites (tertiary alicyclic amines) is 1. The van der Waals surface area contributed by atoms with E-state index in [-0.39, 0.29) is 29.3 Å². The summed E-state index contributed by atoms with van der Waals surface area (Å²) in [6.07, 6.45) is 1.55. The minimum Gasteiger partial charge on any atom is -0.348 e. The van der Waals surface area contributed by atoms with E-state index < -0.39 is 6.04 Å². The molecular weight excluding hydrogens is 408 g/mol. The Morgan fingerprint density at radius 1 is 1.23 bits per heavy atom. The smallest absolute Gasteiger partial charge is 0.243 e. The lowest BCUT2D eigenvalue weighted by Crippen LogP contribution is -2.55. The van der Waals surface area contributed by atoms with Crippen LogP contribution in [-0.2, 0) is 9.59 Å². The summed E-state index contributed by atoms with van der Waals surface area (Å²) in [4.78, 5) is 33.5. The van der Waals surface area contributed by atoms with Crippen molar-refractivity contribution in [3.05, 3.63) is 41.0 Å². The monoisotopic (exact) mass is 442 g/mol. The van der Waals surface area contributed by atoms with Gasteiger partial charge in [-0.1, -0.05) is 45.0 Å². The summed E-state index contributed by atoms with van der Waals surface area (Å²) in [6, 6.07) is 7.38. The molecule has 168 valence electrons. The molecule has 1 fully saturated rings. The van der Waals surface area contributed by atoms with Crippen LogP contribution in [0.1, 0.15) is 57.8 Å². The van der Waals surface area contributed by atoms with Crippen molar-refractivity contribution < 1.29 is 9.59 Å². The van der Waals surface area contributed by atoms with E-state index >= 15 is 0 Å². The van der Waals surface area contributed by atoms with Gasteiger partial charge < -0.3 is 15.5 Å². The van der Waals surface area contributed by atoms with E-state index in [0.717, 1.165) is 23.2 Å². The quantitative estimate of drug-likeness (QED) is 0.711. The Morgan fingerprint density at radius 2 is 1.90 bits per heavy atom. The van der Waals surface area contributed by atoms with Gasteiger partial charge in [0.1, 0.15) is 6.04 Å². The van der Waals surface area contributed by atoms with E-state index in [1.807, 2.05) is 52.3 Å². The second kappa shape index (κ2) is 9.49. The third kappa shape index (κ3) is 5.15. The highest BCUT2D eigenvalue weighted by atomic mass is 32.1. The lowest BCUT2D eigenvalue weighted by atomic mass is 9.86. The number of aromatic nitrogens is 1. The normalized spacial score (nSPS) is 18.6. The first-order chi connectivity index (χ1) is 14.6. The Morgan fingerprint density at radius 3 is 2.45 bits per heavy atom. The van der Waals surface area contributed by atoms with Crippen molar-refractivity contribution in [1.29, 1.82) is 0 Å². The van der Waals surface area contributed by atoms with Crippen molar-refractivity contribution >= 4 is 23.2 Å². The largest absolute Gasteiger partial charge is 0.348 e. The lowest BCUT2D eigenvalue weighted by Gasteiger charge is -2.35. The fourth-order valence-electron chi connectivity index (χ4n) is 4.29. The molecule has 1 saturated heterocycles. The van der Waals surface area contributed by atoms with Crippen molar-refractivity contribution in [2.75, 3.05) is 13.6 Å². The maximum atomic E-state index is 13.2. The molecule has 1 aromatic heterocycles. The molecule has 0 saturated carbocycles. The molecule has 7 heteroatoms. The number of benzene rings is 1. The molecule has 1 aliphatic rings. The zero-order valence-electron chi connectivity index (χ0n) is 19.4. The number of thiazole rings is 1. The molecule has 0 unspecified atom stereocenters. The summed E-state index contributed by atoms with van der Waals surface area (Å²) in [5.74, 6) is -0.0749. The number of likely N-dealkylation sites (N-methyl/N-ethyl adjacent to an activating group) is 1. The Labute approximate surface area is 189 Å². The van der Waals surface area contributed by atoms with Crippen molar-refractivity contribution in [2.24, 2.45) is 5.41 Å². The number of nitrogens with one attached hydrogen (secondary N) is 2. The summed E-state index contributed by atoms with van der Waals surface area (Å²) in [5, 5.41) is 6.26. The van der Waals surface area contributed by atoms with Crippen LogP contribution in [0.3, 0.4) is 0 Å². The van der Waals surface area contributed by atoms with E-state index in [2.05, 4.69) is 27.8 Å². The molecule has 31 heavy (non-hydrogen) atoms. The summed E-state index contributed by atoms with van der Waals surface area (Å²) >= 11 is 1.63. The molecule has 1 aromatic carbocycles. The number of amides is 2. The molecule has 0 spiro atoms. The van der Waals surface area contributed by atoms with Gasteiger partial charge in [0, 0.05) is 6.54 Å². The summed E-state index contributed by atoms with van der Waals surface area (Å²) in [6.45, 7) is 10.7. The van der Waals surface area contributed by atoms with Gasteiger partial charge in [0.2, 0.25) is 11.8 Å². The molecule has 2 aromatic rings. The summed E-state index contributed by atoms with van der Waals surface area (Å²) < 4.78 is 0. The molecule has 1 aliphatic heterocycles. The zero-order valence-corrected chi connectivity index (χ0v) is 20.2. The second-order valence-electron chi connectivity index (χ2n) is 9.40. The zero-order chi connectivity index (χ0) is 22.8. The molecule has 0 bridgehead atoms. The van der Waals surface area contributed by atoms with Crippen LogP contribution in [0.5, 0.6) is 0 Å². The Balaban J connectivity index is 1.67. The van der Waals surface area contributed by atoms with Gasteiger partial charge >= 0.3 is 0 Å². The number of aryl methyl sites for hydroxylation is 1. The SMILES string of the molecule is CN[C@H](C(=O)N1CCC[C@H]1C(=O)N[C@@H](C)c1ccc(-c2scnc2C)cc1)C(C)(C)C. The first kappa shape index (κ1) is 23.4. The minimum atomic E-state index is -0.410. The third-order valence-electron chi connectivity index (χ3n) is 6.02. The molecule has 0 aliphatic carbocycles. The van der Waals surface area contributed by atoms with Gasteiger partial charge in [0.15, 0.2) is 0 Å². The van der Waals surface area contributed by atoms with Crippen molar-refractivity contribution in [2.45, 2.75) is 65.6 Å². The Kier molecular flexibility index (Phi) is 7.17. The maximum Gasteiger partial charge on any atom is 0.243 e. The van der Waals surface area contributed by atoms with Crippen molar-refractivity contribution in [1.82, 2.24) is 20.5 Å². The van der Waals surface area contributed by atoms with Crippen LogP contribution in [0.4, 0.5) is 0 Å². The number of hydrogen-bond donors (Lipinski definition) is 2. The predicted molar refractivity (Wildman–Crippen MR) is 126 cm³/mol. The molecule has 2 amide bonds. The molecule has 0 radical (unpaired) electrons. The highest BCUT2D eigenvalue weighted by Gasteiger charge is 2.40. The van der Waals surface area contributed by atoms with Crippen molar-refractivity contribution in [3.8, 4) is 10.4 Å². The van der Waals surface area contributed by atoms with E-state index in [0.29, 0.717) is 13.0 Å². The standard InChI is InChI=1S/C24H34N4O2S/c1-15(17-9-11-18(12-10-17)20-16(2)26-14-31-20)27-22(29)19-8-7-13-28(19)23(30)21(25-6)24(3,4)5/h9-12,14-15,19,21,25H,7-8,13H2,1-6H3,(H,27,29)/t15-,19-,21+/m0/s1. The average Bonchev–Trinajstić information content (AvgIpc) is 3.36. The summed E-state index contributed by atoms with van der Waals surface area (Å²) in [7, 11) is 1.80. The number of nitrogens with zero attached hydrogens (tertiary/aromatic N) is 2. The van der Waals surface area contributed by atoms with Gasteiger partial charge in [0.05, 0.1) is 28.2 Å². The molecule has 2 heterocycles. The summed E-state index contributed by atoms with van der Waals surface area (Å²) in [5.41, 5.74) is 4.84. The van der Waals surface area contributed by atoms with Crippen LogP contribution in [0, 0.1) is 12.3 Å². The highest BCUT2D eigenvalue weighted by Crippen LogP contribution is 2.29. The molecule has 3 rings (SSSR count). The van der Waals surface area contributed by atoms with E-state index in [4.69, 9.17) is 0 Å². The minimum absolute atomic E-state index is 0.00424. The van der Waals surface area contributed by atoms with E-state index in [1.165, 1.54) is 4.88 Å². The van der Waals surface area contributed by atoms with Gasteiger partial charge in [-0.25, -0.2) is 4.98 Å². The fraction of sp³-hybridized carbons (Fsp3) is 0.542. The third-order valence-corrected chi connectivity index (χ3v) is 6.99. The predicted octanol–water partition coefficient (Wildman–Crippen LogP) is 3.92. The first-order valence-electron chi connectivity index (χ1n) is 10.9. The van der Waals surface area contributed by atoms with E-state index in [9.17, 15) is 9.59 Å². The molecule has 2 N–H and O–H groups in total. The van der Waals surface area contributed by atoms with Crippen molar-refractivity contribution in [3.63, 3.8) is 0 Å². The van der Waals surface area contributed by atoms with Crippen LogP contribution < -0.4 is 10.6 Å². The number of hydrogen-bond acceptors (Lipinski definition) is 5. The van der Waals surface area contributed by atoms with Crippen LogP contribution in [-0.4, -0.2) is 47.4 Å². The lowest BCUT2D eigenvalue weighted by molar-refractivity contribution is -0.142. The number of rotatable bonds is 6. The van der Waals surface area contributed by atoms with Crippen LogP contribution >= 0.6 is 11.3 Å². The average molecular weight is 443 g/mol. The van der Waals surface area contributed by atoms with Crippen LogP contribution in [0.15, 0.2) is 29.8 Å². The van der Waals surface area contributed by atoms with E-state index in [1.54, 1.807) is 23.3 Å². The first-order valence-corrected chi connectivity index (χ1v) is 11.8. The van der Waals surface area contributed by atoms with Crippen LogP contribution in [0.2, 0.25) is 0 Å². The molecular formula is C24H34N4O2S. The second-order valence-corrected chi connectivity index (χ2v) is 10.3.